The Bertz CT molecular complexity index is 354. The monoisotopic (exact) mass is 292 g/mol. The summed E-state index contributed by atoms with van der Waals surface area (Å²) in [7, 11) is -3.30. The van der Waals surface area contributed by atoms with Crippen molar-refractivity contribution < 1.29 is 13.2 Å². The Balaban J connectivity index is 4.44. The predicted molar refractivity (Wildman–Crippen MR) is 78.7 cm³/mol. The van der Waals surface area contributed by atoms with Gasteiger partial charge in [0.15, 0.2) is 9.84 Å². The third kappa shape index (κ3) is 6.92. The van der Waals surface area contributed by atoms with Crippen molar-refractivity contribution in [2.45, 2.75) is 58.4 Å². The zero-order valence-electron chi connectivity index (χ0n) is 12.4. The van der Waals surface area contributed by atoms with E-state index in [1.165, 1.54) is 0 Å². The van der Waals surface area contributed by atoms with Gasteiger partial charge in [-0.05, 0) is 19.3 Å². The molecule has 0 saturated heterocycles. The van der Waals surface area contributed by atoms with Gasteiger partial charge < -0.3 is 11.1 Å². The number of amides is 1. The van der Waals surface area contributed by atoms with Gasteiger partial charge in [-0.1, -0.05) is 33.6 Å². The fourth-order valence-corrected chi connectivity index (χ4v) is 3.20. The van der Waals surface area contributed by atoms with Crippen molar-refractivity contribution >= 4 is 15.7 Å². The topological polar surface area (TPSA) is 89.3 Å². The van der Waals surface area contributed by atoms with Crippen molar-refractivity contribution in [2.24, 2.45) is 5.73 Å². The molecule has 0 radical (unpaired) electrons. The minimum atomic E-state index is -3.30. The van der Waals surface area contributed by atoms with Crippen LogP contribution in [0.25, 0.3) is 0 Å². The van der Waals surface area contributed by atoms with Gasteiger partial charge >= 0.3 is 0 Å². The first-order chi connectivity index (χ1) is 8.84. The molecule has 5 nitrogen and oxygen atoms in total. The van der Waals surface area contributed by atoms with Gasteiger partial charge in [0.2, 0.25) is 5.91 Å². The van der Waals surface area contributed by atoms with Crippen LogP contribution in [0, 0.1) is 0 Å². The second-order valence-electron chi connectivity index (χ2n) is 5.04. The van der Waals surface area contributed by atoms with E-state index in [0.717, 1.165) is 12.8 Å². The number of sulfone groups is 1. The number of carbonyl (C=O) groups is 1. The third-order valence-corrected chi connectivity index (χ3v) is 5.17. The number of rotatable bonds is 10. The number of hydrogen-bond acceptors (Lipinski definition) is 4. The van der Waals surface area contributed by atoms with Crippen LogP contribution in [0.15, 0.2) is 0 Å². The molecule has 0 unspecified atom stereocenters. The molecule has 0 aliphatic heterocycles. The van der Waals surface area contributed by atoms with Crippen molar-refractivity contribution in [3.8, 4) is 0 Å². The Morgan fingerprint density at radius 3 is 2.16 bits per heavy atom. The van der Waals surface area contributed by atoms with E-state index >= 15 is 0 Å². The van der Waals surface area contributed by atoms with Crippen molar-refractivity contribution in [1.82, 2.24) is 5.32 Å². The molecule has 0 aliphatic carbocycles. The maximum Gasteiger partial charge on any atom is 0.235 e. The minimum Gasteiger partial charge on any atom is -0.349 e. The molecule has 0 spiro atoms. The Labute approximate surface area is 117 Å². The van der Waals surface area contributed by atoms with Crippen LogP contribution >= 0.6 is 0 Å². The molecule has 6 heteroatoms. The number of carbonyl (C=O) groups excluding carboxylic acids is 1. The van der Waals surface area contributed by atoms with E-state index in [1.54, 1.807) is 0 Å². The maximum atomic E-state index is 11.8. The first-order valence-electron chi connectivity index (χ1n) is 7.06. The summed E-state index contributed by atoms with van der Waals surface area (Å²) in [6.07, 6.45) is 3.85. The Kier molecular flexibility index (Phi) is 8.25. The molecular formula is C13H28N2O3S. The average molecular weight is 292 g/mol. The smallest absolute Gasteiger partial charge is 0.235 e. The van der Waals surface area contributed by atoms with Gasteiger partial charge in [0.1, 0.15) is 5.75 Å². The van der Waals surface area contributed by atoms with E-state index in [9.17, 15) is 13.2 Å². The lowest BCUT2D eigenvalue weighted by molar-refractivity contribution is -0.120. The fraction of sp³-hybridized carbons (Fsp3) is 0.923. The summed E-state index contributed by atoms with van der Waals surface area (Å²) in [6.45, 7) is 6.21. The van der Waals surface area contributed by atoms with Crippen LogP contribution in [0.3, 0.4) is 0 Å². The number of hydrogen-bond donors (Lipinski definition) is 2. The normalized spacial score (nSPS) is 12.4. The molecule has 0 aromatic rings. The maximum absolute atomic E-state index is 11.8. The molecule has 0 aliphatic rings. The molecule has 1 amide bonds. The highest BCUT2D eigenvalue weighted by Gasteiger charge is 2.28. The third-order valence-electron chi connectivity index (χ3n) is 3.56. The largest absolute Gasteiger partial charge is 0.349 e. The molecule has 0 aromatic carbocycles. The highest BCUT2D eigenvalue weighted by molar-refractivity contribution is 7.92. The molecule has 0 fully saturated rings. The summed E-state index contributed by atoms with van der Waals surface area (Å²) in [6, 6.07) is 0. The summed E-state index contributed by atoms with van der Waals surface area (Å²) < 4.78 is 23.5. The Morgan fingerprint density at radius 1 is 1.16 bits per heavy atom. The first kappa shape index (κ1) is 18.4. The average Bonchev–Trinajstić information content (AvgIpc) is 2.35. The van der Waals surface area contributed by atoms with Crippen LogP contribution in [0.1, 0.15) is 52.9 Å². The lowest BCUT2D eigenvalue weighted by atomic mass is 9.93. The fourth-order valence-electron chi connectivity index (χ4n) is 1.94. The second kappa shape index (κ2) is 8.53. The van der Waals surface area contributed by atoms with E-state index in [2.05, 4.69) is 5.32 Å². The van der Waals surface area contributed by atoms with Gasteiger partial charge in [-0.2, -0.15) is 0 Å². The molecule has 0 rings (SSSR count). The van der Waals surface area contributed by atoms with Gasteiger partial charge in [-0.25, -0.2) is 8.42 Å². The summed E-state index contributed by atoms with van der Waals surface area (Å²) in [5.74, 6) is -0.786. The minimum absolute atomic E-state index is 0.0855. The predicted octanol–water partition coefficient (Wildman–Crippen LogP) is 1.23. The zero-order valence-corrected chi connectivity index (χ0v) is 13.2. The molecule has 114 valence electrons. The molecule has 0 heterocycles. The summed E-state index contributed by atoms with van der Waals surface area (Å²) in [5.41, 5.74) is 5.20. The van der Waals surface area contributed by atoms with Crippen LogP contribution in [0.2, 0.25) is 0 Å². The van der Waals surface area contributed by atoms with Gasteiger partial charge in [-0.3, -0.25) is 4.79 Å². The van der Waals surface area contributed by atoms with E-state index < -0.39 is 27.0 Å². The lowest BCUT2D eigenvalue weighted by Gasteiger charge is -2.31. The molecule has 0 atom stereocenters. The van der Waals surface area contributed by atoms with Crippen LogP contribution < -0.4 is 11.1 Å². The first-order valence-corrected chi connectivity index (χ1v) is 8.88. The standard InChI is InChI=1S/C13H28N2O3S/c1-4-7-8-9-19(17,18)10-12(16)15-13(5-2,6-3)11-14/h4-11,14H2,1-3H3,(H,15,16). The van der Waals surface area contributed by atoms with E-state index in [1.807, 2.05) is 20.8 Å². The van der Waals surface area contributed by atoms with Crippen molar-refractivity contribution in [3.63, 3.8) is 0 Å². The summed E-state index contributed by atoms with van der Waals surface area (Å²) >= 11 is 0. The van der Waals surface area contributed by atoms with Crippen molar-refractivity contribution in [1.29, 1.82) is 0 Å². The van der Waals surface area contributed by atoms with Gasteiger partial charge in [-0.15, -0.1) is 0 Å². The van der Waals surface area contributed by atoms with E-state index in [4.69, 9.17) is 5.73 Å². The Hall–Kier alpha value is -0.620. The van der Waals surface area contributed by atoms with Crippen molar-refractivity contribution in [3.05, 3.63) is 0 Å². The van der Waals surface area contributed by atoms with Crippen molar-refractivity contribution in [2.75, 3.05) is 18.1 Å². The molecule has 0 aromatic heterocycles. The molecule has 0 bridgehead atoms. The lowest BCUT2D eigenvalue weighted by Crippen LogP contribution is -2.54. The zero-order chi connectivity index (χ0) is 14.9. The Morgan fingerprint density at radius 2 is 1.74 bits per heavy atom. The molecule has 3 N–H and O–H groups in total. The summed E-state index contributed by atoms with van der Waals surface area (Å²) in [4.78, 5) is 11.8. The molecule has 19 heavy (non-hydrogen) atoms. The molecule has 0 saturated carbocycles. The quantitative estimate of drug-likeness (QED) is 0.593. The second-order valence-corrected chi connectivity index (χ2v) is 7.22. The van der Waals surface area contributed by atoms with E-state index in [-0.39, 0.29) is 5.75 Å². The highest BCUT2D eigenvalue weighted by atomic mass is 32.2. The summed E-state index contributed by atoms with van der Waals surface area (Å²) in [5, 5.41) is 2.78. The number of unbranched alkanes of at least 4 members (excludes halogenated alkanes) is 2. The van der Waals surface area contributed by atoms with Crippen LogP contribution in [0.4, 0.5) is 0 Å². The number of nitrogens with one attached hydrogen (secondary N) is 1. The number of nitrogens with two attached hydrogens (primary N) is 1. The highest BCUT2D eigenvalue weighted by Crippen LogP contribution is 2.13. The van der Waals surface area contributed by atoms with Gasteiger partial charge in [0, 0.05) is 6.54 Å². The van der Waals surface area contributed by atoms with Crippen LogP contribution in [-0.4, -0.2) is 37.9 Å². The van der Waals surface area contributed by atoms with Gasteiger partial charge in [0.05, 0.1) is 11.3 Å². The van der Waals surface area contributed by atoms with Gasteiger partial charge in [0.25, 0.3) is 0 Å². The molecular weight excluding hydrogens is 264 g/mol. The SMILES string of the molecule is CCCCCS(=O)(=O)CC(=O)NC(CC)(CC)CN. The van der Waals surface area contributed by atoms with E-state index in [0.29, 0.717) is 25.8 Å². The van der Waals surface area contributed by atoms with Crippen LogP contribution in [0.5, 0.6) is 0 Å². The van der Waals surface area contributed by atoms with Crippen LogP contribution in [-0.2, 0) is 14.6 Å².